The molecule has 23 heavy (non-hydrogen) atoms. The molecule has 1 amide bonds. The number of aromatic nitrogens is 1. The second kappa shape index (κ2) is 6.72. The molecule has 1 saturated heterocycles. The Morgan fingerprint density at radius 1 is 1.43 bits per heavy atom. The van der Waals surface area contributed by atoms with Gasteiger partial charge < -0.3 is 19.9 Å². The fraction of sp³-hybridized carbons (Fsp3) is 0.500. The van der Waals surface area contributed by atoms with Crippen molar-refractivity contribution >= 4 is 22.5 Å². The predicted octanol–water partition coefficient (Wildman–Crippen LogP) is 2.61. The first kappa shape index (κ1) is 16.0. The highest BCUT2D eigenvalue weighted by molar-refractivity contribution is 5.97. The van der Waals surface area contributed by atoms with Gasteiger partial charge >= 0.3 is 0 Å². The molecule has 3 rings (SSSR count). The number of hydrogen-bond acceptors (Lipinski definition) is 3. The van der Waals surface area contributed by atoms with Gasteiger partial charge in [-0.05, 0) is 37.1 Å². The second-order valence-electron chi connectivity index (χ2n) is 6.63. The van der Waals surface area contributed by atoms with Crippen LogP contribution in [0.15, 0.2) is 30.5 Å². The summed E-state index contributed by atoms with van der Waals surface area (Å²) in [4.78, 5) is 12.4. The van der Waals surface area contributed by atoms with Crippen molar-refractivity contribution in [3.8, 4) is 0 Å². The number of benzene rings is 1. The first-order chi connectivity index (χ1) is 11.0. The van der Waals surface area contributed by atoms with E-state index in [2.05, 4.69) is 47.4 Å². The van der Waals surface area contributed by atoms with Crippen LogP contribution in [-0.2, 0) is 16.1 Å². The fourth-order valence-corrected chi connectivity index (χ4v) is 3.08. The number of carbonyl (C=O) groups is 1. The smallest absolute Gasteiger partial charge is 0.244 e. The van der Waals surface area contributed by atoms with Crippen LogP contribution in [0, 0.1) is 5.92 Å². The topological polar surface area (TPSA) is 55.3 Å². The molecule has 1 aromatic heterocycles. The molecular formula is C18H25N3O2. The molecule has 0 bridgehead atoms. The average Bonchev–Trinajstić information content (AvgIpc) is 2.89. The van der Waals surface area contributed by atoms with Gasteiger partial charge in [0.1, 0.15) is 6.04 Å². The van der Waals surface area contributed by atoms with Crippen molar-refractivity contribution < 1.29 is 9.53 Å². The Balaban J connectivity index is 1.74. The summed E-state index contributed by atoms with van der Waals surface area (Å²) in [6.45, 7) is 8.70. The van der Waals surface area contributed by atoms with Crippen LogP contribution in [0.1, 0.15) is 20.8 Å². The molecule has 5 heteroatoms. The number of amides is 1. The van der Waals surface area contributed by atoms with Crippen LogP contribution in [0.25, 0.3) is 10.9 Å². The van der Waals surface area contributed by atoms with Gasteiger partial charge in [0, 0.05) is 35.9 Å². The van der Waals surface area contributed by atoms with Crippen LogP contribution < -0.4 is 10.6 Å². The predicted molar refractivity (Wildman–Crippen MR) is 92.6 cm³/mol. The normalized spacial score (nSPS) is 21.7. The molecule has 2 atom stereocenters. The van der Waals surface area contributed by atoms with Gasteiger partial charge in [-0.2, -0.15) is 0 Å². The zero-order valence-corrected chi connectivity index (χ0v) is 14.0. The number of morpholine rings is 1. The van der Waals surface area contributed by atoms with Crippen LogP contribution in [0.2, 0.25) is 0 Å². The summed E-state index contributed by atoms with van der Waals surface area (Å²) < 4.78 is 7.79. The molecule has 2 aromatic rings. The minimum atomic E-state index is -0.301. The Morgan fingerprint density at radius 2 is 2.26 bits per heavy atom. The number of nitrogens with one attached hydrogen (secondary N) is 2. The van der Waals surface area contributed by atoms with E-state index < -0.39 is 0 Å². The summed E-state index contributed by atoms with van der Waals surface area (Å²) in [5.74, 6) is 0.557. The van der Waals surface area contributed by atoms with E-state index in [0.717, 1.165) is 17.6 Å². The Labute approximate surface area is 137 Å². The number of hydrogen-bond donors (Lipinski definition) is 2. The zero-order valence-electron chi connectivity index (χ0n) is 14.0. The molecule has 1 aliphatic heterocycles. The van der Waals surface area contributed by atoms with E-state index in [9.17, 15) is 4.79 Å². The lowest BCUT2D eigenvalue weighted by Gasteiger charge is -2.29. The maximum absolute atomic E-state index is 12.4. The van der Waals surface area contributed by atoms with Crippen molar-refractivity contribution in [2.45, 2.75) is 39.5 Å². The molecular weight excluding hydrogens is 290 g/mol. The van der Waals surface area contributed by atoms with Crippen LogP contribution >= 0.6 is 0 Å². The third-order valence-electron chi connectivity index (χ3n) is 4.20. The first-order valence-corrected chi connectivity index (χ1v) is 8.29. The second-order valence-corrected chi connectivity index (χ2v) is 6.63. The highest BCUT2D eigenvalue weighted by Crippen LogP contribution is 2.22. The molecule has 5 nitrogen and oxygen atoms in total. The molecule has 2 N–H and O–H groups in total. The number of carbonyl (C=O) groups excluding carboxylic acids is 1. The van der Waals surface area contributed by atoms with Crippen LogP contribution in [0.3, 0.4) is 0 Å². The van der Waals surface area contributed by atoms with E-state index in [4.69, 9.17) is 4.74 Å². The van der Waals surface area contributed by atoms with Gasteiger partial charge in [0.25, 0.3) is 0 Å². The number of anilines is 1. The first-order valence-electron chi connectivity index (χ1n) is 8.29. The third-order valence-corrected chi connectivity index (χ3v) is 4.20. The SMILES string of the molecule is CC(C)Cn1ccc2cc(NC(=O)[C@H]3NCCO[C@@H]3C)ccc21. The van der Waals surface area contributed by atoms with E-state index in [1.807, 2.05) is 19.1 Å². The van der Waals surface area contributed by atoms with Gasteiger partial charge in [0.2, 0.25) is 5.91 Å². The van der Waals surface area contributed by atoms with Crippen molar-refractivity contribution in [3.63, 3.8) is 0 Å². The van der Waals surface area contributed by atoms with Gasteiger partial charge in [-0.3, -0.25) is 4.79 Å². The summed E-state index contributed by atoms with van der Waals surface area (Å²) in [6.07, 6.45) is 1.99. The van der Waals surface area contributed by atoms with Crippen molar-refractivity contribution in [1.29, 1.82) is 0 Å². The van der Waals surface area contributed by atoms with Crippen LogP contribution in [0.5, 0.6) is 0 Å². The standard InChI is InChI=1S/C18H25N3O2/c1-12(2)11-21-8-6-14-10-15(4-5-16(14)21)20-18(22)17-13(3)23-9-7-19-17/h4-6,8,10,12-13,17,19H,7,9,11H2,1-3H3,(H,20,22)/t13-,17+/m1/s1. The van der Waals surface area contributed by atoms with Gasteiger partial charge in [-0.25, -0.2) is 0 Å². The zero-order chi connectivity index (χ0) is 16.4. The van der Waals surface area contributed by atoms with Crippen LogP contribution in [-0.4, -0.2) is 35.8 Å². The summed E-state index contributed by atoms with van der Waals surface area (Å²) in [5.41, 5.74) is 2.02. The van der Waals surface area contributed by atoms with E-state index in [-0.39, 0.29) is 18.1 Å². The molecule has 0 saturated carbocycles. The Hall–Kier alpha value is -1.85. The van der Waals surface area contributed by atoms with Crippen molar-refractivity contribution in [2.24, 2.45) is 5.92 Å². The molecule has 0 unspecified atom stereocenters. The van der Waals surface area contributed by atoms with Gasteiger partial charge in [-0.15, -0.1) is 0 Å². The molecule has 0 aliphatic carbocycles. The van der Waals surface area contributed by atoms with Gasteiger partial charge in [0.05, 0.1) is 12.7 Å². The number of ether oxygens (including phenoxy) is 1. The largest absolute Gasteiger partial charge is 0.375 e. The van der Waals surface area contributed by atoms with E-state index in [0.29, 0.717) is 19.1 Å². The molecule has 0 radical (unpaired) electrons. The maximum Gasteiger partial charge on any atom is 0.244 e. The number of fused-ring (bicyclic) bond motifs is 1. The van der Waals surface area contributed by atoms with Gasteiger partial charge in [0.15, 0.2) is 0 Å². The Bertz CT molecular complexity index is 693. The Kier molecular flexibility index (Phi) is 4.68. The summed E-state index contributed by atoms with van der Waals surface area (Å²) in [6, 6.07) is 7.86. The third kappa shape index (κ3) is 3.57. The number of nitrogens with zero attached hydrogens (tertiary/aromatic N) is 1. The summed E-state index contributed by atoms with van der Waals surface area (Å²) in [5, 5.41) is 7.35. The molecule has 1 fully saturated rings. The summed E-state index contributed by atoms with van der Waals surface area (Å²) >= 11 is 0. The fourth-order valence-electron chi connectivity index (χ4n) is 3.08. The maximum atomic E-state index is 12.4. The monoisotopic (exact) mass is 315 g/mol. The van der Waals surface area contributed by atoms with Crippen molar-refractivity contribution in [1.82, 2.24) is 9.88 Å². The Morgan fingerprint density at radius 3 is 3.00 bits per heavy atom. The lowest BCUT2D eigenvalue weighted by Crippen LogP contribution is -2.53. The minimum absolute atomic E-state index is 0.0434. The summed E-state index contributed by atoms with van der Waals surface area (Å²) in [7, 11) is 0. The van der Waals surface area contributed by atoms with Gasteiger partial charge in [-0.1, -0.05) is 13.8 Å². The van der Waals surface area contributed by atoms with Crippen LogP contribution in [0.4, 0.5) is 5.69 Å². The molecule has 1 aromatic carbocycles. The highest BCUT2D eigenvalue weighted by atomic mass is 16.5. The van der Waals surface area contributed by atoms with E-state index in [1.54, 1.807) is 0 Å². The molecule has 0 spiro atoms. The molecule has 2 heterocycles. The number of rotatable bonds is 4. The quantitative estimate of drug-likeness (QED) is 0.912. The lowest BCUT2D eigenvalue weighted by atomic mass is 10.1. The van der Waals surface area contributed by atoms with E-state index in [1.165, 1.54) is 5.52 Å². The molecule has 124 valence electrons. The lowest BCUT2D eigenvalue weighted by molar-refractivity contribution is -0.123. The van der Waals surface area contributed by atoms with E-state index >= 15 is 0 Å². The minimum Gasteiger partial charge on any atom is -0.375 e. The average molecular weight is 315 g/mol. The van der Waals surface area contributed by atoms with Crippen molar-refractivity contribution in [2.75, 3.05) is 18.5 Å². The highest BCUT2D eigenvalue weighted by Gasteiger charge is 2.28. The van der Waals surface area contributed by atoms with Crippen molar-refractivity contribution in [3.05, 3.63) is 30.5 Å². The molecule has 1 aliphatic rings.